The van der Waals surface area contributed by atoms with E-state index in [9.17, 15) is 0 Å². The first-order valence-electron chi connectivity index (χ1n) is 21.3. The highest BCUT2D eigenvalue weighted by molar-refractivity contribution is 5.51. The lowest BCUT2D eigenvalue weighted by atomic mass is 10.2. The minimum absolute atomic E-state index is 0.287. The Bertz CT molecular complexity index is 1490. The van der Waals surface area contributed by atoms with Gasteiger partial charge in [0.2, 0.25) is 0 Å². The molecule has 11 nitrogen and oxygen atoms in total. The Morgan fingerprint density at radius 3 is 0.949 bits per heavy atom. The molecule has 0 N–H and O–H groups in total. The van der Waals surface area contributed by atoms with Crippen molar-refractivity contribution >= 4 is 5.69 Å². The van der Waals surface area contributed by atoms with Crippen molar-refractivity contribution in [2.75, 3.05) is 84.1 Å². The van der Waals surface area contributed by atoms with Gasteiger partial charge in [-0.2, -0.15) is 0 Å². The lowest BCUT2D eigenvalue weighted by Gasteiger charge is -2.23. The third-order valence-electron chi connectivity index (χ3n) is 8.42. The number of rotatable bonds is 17. The Morgan fingerprint density at radius 1 is 0.390 bits per heavy atom. The van der Waals surface area contributed by atoms with Gasteiger partial charge in [-0.3, -0.25) is 0 Å². The average molecular weight is 816 g/mol. The fourth-order valence-corrected chi connectivity index (χ4v) is 4.86. The van der Waals surface area contributed by atoms with E-state index in [0.717, 1.165) is 75.7 Å². The summed E-state index contributed by atoms with van der Waals surface area (Å²) in [4.78, 5) is 2.33. The van der Waals surface area contributed by atoms with Crippen molar-refractivity contribution in [2.24, 2.45) is 0 Å². The van der Waals surface area contributed by atoms with Crippen LogP contribution < -0.4 is 23.8 Å². The van der Waals surface area contributed by atoms with E-state index in [1.54, 1.807) is 0 Å². The van der Waals surface area contributed by atoms with E-state index in [1.807, 2.05) is 103 Å². The van der Waals surface area contributed by atoms with Crippen LogP contribution in [0.2, 0.25) is 0 Å². The third-order valence-corrected chi connectivity index (χ3v) is 8.42. The molecule has 0 aliphatic carbocycles. The third kappa shape index (κ3) is 22.6. The summed E-state index contributed by atoms with van der Waals surface area (Å²) in [5.41, 5.74) is 1.17. The predicted octanol–water partition coefficient (Wildman–Crippen LogP) is 8.29. The van der Waals surface area contributed by atoms with Crippen LogP contribution in [0.5, 0.6) is 23.0 Å². The number of para-hydroxylation sites is 3. The monoisotopic (exact) mass is 815 g/mol. The number of ether oxygens (including phenoxy) is 10. The largest absolute Gasteiger partial charge is 0.491 e. The molecule has 6 aliphatic rings. The zero-order valence-electron chi connectivity index (χ0n) is 35.4. The van der Waals surface area contributed by atoms with Crippen LogP contribution in [0.3, 0.4) is 0 Å². The summed E-state index contributed by atoms with van der Waals surface area (Å²) in [7, 11) is 0. The van der Waals surface area contributed by atoms with Crippen LogP contribution >= 0.6 is 0 Å². The van der Waals surface area contributed by atoms with Gasteiger partial charge in [0.15, 0.2) is 0 Å². The number of benzene rings is 4. The molecule has 322 valence electrons. The van der Waals surface area contributed by atoms with Crippen LogP contribution in [0.4, 0.5) is 5.69 Å². The quantitative estimate of drug-likeness (QED) is 0.0960. The van der Waals surface area contributed by atoms with Crippen molar-refractivity contribution in [3.63, 3.8) is 0 Å². The molecule has 0 spiro atoms. The smallest absolute Gasteiger partial charge is 0.121 e. The molecule has 6 heterocycles. The molecule has 6 fully saturated rings. The van der Waals surface area contributed by atoms with Crippen molar-refractivity contribution in [2.45, 2.75) is 77.2 Å². The molecule has 6 atom stereocenters. The molecule has 59 heavy (non-hydrogen) atoms. The van der Waals surface area contributed by atoms with Crippen molar-refractivity contribution in [3.8, 4) is 23.0 Å². The summed E-state index contributed by atoms with van der Waals surface area (Å²) in [5.74, 6) is 3.66. The molecule has 4 aromatic carbocycles. The number of epoxide rings is 6. The number of hydrogen-bond acceptors (Lipinski definition) is 11. The topological polar surface area (TPSA) is 115 Å². The van der Waals surface area contributed by atoms with E-state index < -0.39 is 0 Å². The number of nitrogens with zero attached hydrogens (tertiary/aromatic N) is 1. The molecule has 6 unspecified atom stereocenters. The van der Waals surface area contributed by atoms with E-state index in [0.29, 0.717) is 56.9 Å². The molecule has 0 bridgehead atoms. The first-order chi connectivity index (χ1) is 29.0. The molecule has 0 amide bonds. The molecular formula is C48H65NO10. The van der Waals surface area contributed by atoms with Crippen molar-refractivity contribution in [3.05, 3.63) is 115 Å². The lowest BCUT2D eigenvalue weighted by Crippen LogP contribution is -2.31. The van der Waals surface area contributed by atoms with Gasteiger partial charge in [-0.05, 0) is 48.5 Å². The predicted molar refractivity (Wildman–Crippen MR) is 230 cm³/mol. The Labute approximate surface area is 351 Å². The van der Waals surface area contributed by atoms with Gasteiger partial charge in [0.25, 0.3) is 0 Å². The Kier molecular flexibility index (Phi) is 20.7. The first kappa shape index (κ1) is 45.7. The SMILES string of the molecule is CCC.CCC.c1cc(OCC2CO2)cc(N(CC2CO2)CC2CO2)c1.c1ccc(OCC2CO2)cc1.c1ccc(OCC2CO2)cc1.c1ccc(OCC2CO2)cc1. The maximum Gasteiger partial charge on any atom is 0.121 e. The van der Waals surface area contributed by atoms with Gasteiger partial charge >= 0.3 is 0 Å². The summed E-state index contributed by atoms with van der Waals surface area (Å²) >= 11 is 0. The van der Waals surface area contributed by atoms with Crippen LogP contribution in [-0.4, -0.2) is 116 Å². The molecule has 0 aromatic heterocycles. The minimum Gasteiger partial charge on any atom is -0.491 e. The van der Waals surface area contributed by atoms with Crippen LogP contribution in [0.25, 0.3) is 0 Å². The van der Waals surface area contributed by atoms with Gasteiger partial charge in [-0.25, -0.2) is 0 Å². The molecule has 6 aliphatic heterocycles. The highest BCUT2D eigenvalue weighted by Crippen LogP contribution is 2.26. The second-order valence-electron chi connectivity index (χ2n) is 14.7. The van der Waals surface area contributed by atoms with E-state index in [4.69, 9.17) is 47.4 Å². The molecule has 11 heteroatoms. The van der Waals surface area contributed by atoms with E-state index in [1.165, 1.54) is 18.5 Å². The van der Waals surface area contributed by atoms with Crippen LogP contribution in [0, 0.1) is 0 Å². The fourth-order valence-electron chi connectivity index (χ4n) is 4.86. The van der Waals surface area contributed by atoms with E-state index in [-0.39, 0.29) is 6.10 Å². The van der Waals surface area contributed by atoms with Crippen molar-refractivity contribution in [1.82, 2.24) is 0 Å². The Balaban J connectivity index is 0.000000148. The fraction of sp³-hybridized carbons (Fsp3) is 0.500. The molecule has 6 saturated heterocycles. The van der Waals surface area contributed by atoms with Gasteiger partial charge in [-0.1, -0.05) is 101 Å². The normalized spacial score (nSPS) is 22.6. The van der Waals surface area contributed by atoms with Gasteiger partial charge in [-0.15, -0.1) is 0 Å². The Hall–Kier alpha value is -4.36. The highest BCUT2D eigenvalue weighted by atomic mass is 16.6. The molecular weight excluding hydrogens is 751 g/mol. The highest BCUT2D eigenvalue weighted by Gasteiger charge is 2.31. The van der Waals surface area contributed by atoms with Gasteiger partial charge in [0.1, 0.15) is 73.8 Å². The average Bonchev–Trinajstić information content (AvgIpc) is 4.05. The Morgan fingerprint density at radius 2 is 0.661 bits per heavy atom. The van der Waals surface area contributed by atoms with Crippen LogP contribution in [0.1, 0.15) is 40.5 Å². The summed E-state index contributed by atoms with van der Waals surface area (Å²) in [6, 6.07) is 37.6. The van der Waals surface area contributed by atoms with Crippen molar-refractivity contribution in [1.29, 1.82) is 0 Å². The van der Waals surface area contributed by atoms with Crippen LogP contribution in [-0.2, 0) is 28.4 Å². The zero-order chi connectivity index (χ0) is 41.3. The summed E-state index contributed by atoms with van der Waals surface area (Å²) in [5, 5.41) is 0. The van der Waals surface area contributed by atoms with Gasteiger partial charge < -0.3 is 52.3 Å². The molecule has 10 rings (SSSR count). The summed E-state index contributed by atoms with van der Waals surface area (Å²) < 4.78 is 52.8. The molecule has 0 radical (unpaired) electrons. The van der Waals surface area contributed by atoms with E-state index in [2.05, 4.69) is 44.7 Å². The second-order valence-corrected chi connectivity index (χ2v) is 14.7. The zero-order valence-corrected chi connectivity index (χ0v) is 35.4. The summed E-state index contributed by atoms with van der Waals surface area (Å²) in [6.45, 7) is 18.2. The number of anilines is 1. The summed E-state index contributed by atoms with van der Waals surface area (Å²) in [6.07, 6.45) is 4.56. The lowest BCUT2D eigenvalue weighted by molar-refractivity contribution is 0.263. The molecule has 0 saturated carbocycles. The second kappa shape index (κ2) is 26.7. The van der Waals surface area contributed by atoms with Gasteiger partial charge in [0.05, 0.1) is 51.8 Å². The molecule has 4 aromatic rings. The minimum atomic E-state index is 0.287. The standard InChI is InChI=1S/C15H19NO4.3C9H10O2.2C3H8/c1-2-11(4-12(3-1)17-9-15-10-20-15)16(5-13-7-18-13)6-14-8-19-14;3*1-2-4-8(5-3-1)10-6-9-7-11-9;2*1-3-2/h1-4,13-15H,5-10H2;3*1-5,9H,6-7H2;2*3H2,1-2H3. The van der Waals surface area contributed by atoms with Gasteiger partial charge in [0, 0.05) is 24.8 Å². The number of hydrogen-bond donors (Lipinski definition) is 0. The maximum absolute atomic E-state index is 5.75. The first-order valence-corrected chi connectivity index (χ1v) is 21.3. The van der Waals surface area contributed by atoms with E-state index >= 15 is 0 Å². The van der Waals surface area contributed by atoms with Crippen molar-refractivity contribution < 1.29 is 47.4 Å². The maximum atomic E-state index is 5.75. The van der Waals surface area contributed by atoms with Crippen LogP contribution in [0.15, 0.2) is 115 Å².